The van der Waals surface area contributed by atoms with E-state index in [4.69, 9.17) is 4.74 Å². The number of piperidine rings is 3. The zero-order valence-corrected chi connectivity index (χ0v) is 36.0. The molecule has 0 spiro atoms. The molecule has 0 saturated carbocycles. The molecule has 0 aromatic heterocycles. The van der Waals surface area contributed by atoms with Crippen LogP contribution in [0.1, 0.15) is 181 Å². The van der Waals surface area contributed by atoms with E-state index >= 15 is 0 Å². The molecule has 298 valence electrons. The van der Waals surface area contributed by atoms with Crippen LogP contribution in [0.25, 0.3) is 0 Å². The zero-order chi connectivity index (χ0) is 39.2. The molecule has 0 aliphatic carbocycles. The lowest BCUT2D eigenvalue weighted by molar-refractivity contribution is -0.157. The number of carbonyl (C=O) groups is 3. The third-order valence-electron chi connectivity index (χ3n) is 11.0. The fraction of sp³-hybridized carbons (Fsp3) is 0.929. The molecule has 1 unspecified atom stereocenters. The number of nitrogens with one attached hydrogen (secondary N) is 3. The summed E-state index contributed by atoms with van der Waals surface area (Å²) in [5.41, 5.74) is 0.203. The number of unbranched alkanes of at least 4 members (excludes halogenated alkanes) is 3. The van der Waals surface area contributed by atoms with E-state index in [1.54, 1.807) is 13.8 Å². The van der Waals surface area contributed by atoms with Crippen LogP contribution in [-0.4, -0.2) is 92.1 Å². The second kappa shape index (κ2) is 17.6. The van der Waals surface area contributed by atoms with Gasteiger partial charge < -0.3 is 30.5 Å². The second-order valence-corrected chi connectivity index (χ2v) is 20.4. The zero-order valence-electron chi connectivity index (χ0n) is 36.0. The molecule has 9 heteroatoms. The Morgan fingerprint density at radius 3 is 1.14 bits per heavy atom. The van der Waals surface area contributed by atoms with Gasteiger partial charge in [-0.15, -0.1) is 0 Å². The Kier molecular flexibility index (Phi) is 15.7. The van der Waals surface area contributed by atoms with E-state index < -0.39 is 0 Å². The number of amides is 2. The molecule has 51 heavy (non-hydrogen) atoms. The monoisotopic (exact) mass is 720 g/mol. The lowest BCUT2D eigenvalue weighted by atomic mass is 9.79. The molecule has 0 aromatic rings. The Hall–Kier alpha value is -1.71. The van der Waals surface area contributed by atoms with Crippen molar-refractivity contribution in [2.75, 3.05) is 13.1 Å². The van der Waals surface area contributed by atoms with Gasteiger partial charge in [-0.2, -0.15) is 0 Å². The SMILES string of the molecule is CC(=O)N(CCCCCCN(C(C)=O)C1CC(C)(C)NC(C)(C)C1)C1CC(C)(C)NC(C)(C)C1.CCC(C)C(=O)OC1CC(C)(C)NC(C)(C)C1. The van der Waals surface area contributed by atoms with Crippen molar-refractivity contribution in [2.45, 2.75) is 233 Å². The van der Waals surface area contributed by atoms with Crippen molar-refractivity contribution >= 4 is 17.8 Å². The molecule has 1 atom stereocenters. The van der Waals surface area contributed by atoms with Crippen LogP contribution in [0.4, 0.5) is 0 Å². The van der Waals surface area contributed by atoms with Crippen molar-refractivity contribution in [3.8, 4) is 0 Å². The molecular weight excluding hydrogens is 638 g/mol. The molecule has 3 saturated heterocycles. The average molecular weight is 720 g/mol. The van der Waals surface area contributed by atoms with Gasteiger partial charge in [-0.05, 0) is 128 Å². The number of esters is 1. The van der Waals surface area contributed by atoms with Gasteiger partial charge in [0.2, 0.25) is 11.8 Å². The lowest BCUT2D eigenvalue weighted by Crippen LogP contribution is -2.62. The maximum atomic E-state index is 12.5. The Balaban J connectivity index is 0.000000444. The highest BCUT2D eigenvalue weighted by Crippen LogP contribution is 2.34. The van der Waals surface area contributed by atoms with Gasteiger partial charge in [0.1, 0.15) is 6.10 Å². The molecule has 0 bridgehead atoms. The summed E-state index contributed by atoms with van der Waals surface area (Å²) in [5, 5.41) is 11.0. The van der Waals surface area contributed by atoms with Gasteiger partial charge in [0.05, 0.1) is 5.92 Å². The van der Waals surface area contributed by atoms with Gasteiger partial charge in [0.15, 0.2) is 0 Å². The van der Waals surface area contributed by atoms with Gasteiger partial charge in [0, 0.05) is 85.1 Å². The highest BCUT2D eigenvalue weighted by Gasteiger charge is 2.42. The van der Waals surface area contributed by atoms with Gasteiger partial charge in [-0.3, -0.25) is 14.4 Å². The number of carbonyl (C=O) groups excluding carboxylic acids is 3. The summed E-state index contributed by atoms with van der Waals surface area (Å²) < 4.78 is 5.64. The number of rotatable bonds is 12. The highest BCUT2D eigenvalue weighted by molar-refractivity contribution is 5.74. The molecule has 3 heterocycles. The normalized spacial score (nSPS) is 24.4. The first-order valence-corrected chi connectivity index (χ1v) is 20.2. The first-order chi connectivity index (χ1) is 23.1. The van der Waals surface area contributed by atoms with E-state index in [0.29, 0.717) is 12.1 Å². The Morgan fingerprint density at radius 2 is 0.863 bits per heavy atom. The highest BCUT2D eigenvalue weighted by atomic mass is 16.5. The van der Waals surface area contributed by atoms with E-state index in [0.717, 1.165) is 83.7 Å². The summed E-state index contributed by atoms with van der Waals surface area (Å²) in [6.45, 7) is 35.6. The van der Waals surface area contributed by atoms with Crippen LogP contribution in [0, 0.1) is 5.92 Å². The summed E-state index contributed by atoms with van der Waals surface area (Å²) in [4.78, 5) is 41.0. The first-order valence-electron chi connectivity index (χ1n) is 20.2. The molecule has 9 nitrogen and oxygen atoms in total. The Morgan fingerprint density at radius 1 is 0.569 bits per heavy atom. The molecule has 0 radical (unpaired) electrons. The number of hydrogen-bond acceptors (Lipinski definition) is 7. The summed E-state index contributed by atoms with van der Waals surface area (Å²) in [5.74, 6) is 0.344. The summed E-state index contributed by atoms with van der Waals surface area (Å²) in [6.07, 6.45) is 10.9. The molecule has 0 aromatic carbocycles. The lowest BCUT2D eigenvalue weighted by Gasteiger charge is -2.49. The second-order valence-electron chi connectivity index (χ2n) is 20.4. The van der Waals surface area contributed by atoms with Gasteiger partial charge in [-0.1, -0.05) is 26.7 Å². The van der Waals surface area contributed by atoms with E-state index in [9.17, 15) is 14.4 Å². The predicted octanol–water partition coefficient (Wildman–Crippen LogP) is 7.75. The van der Waals surface area contributed by atoms with Crippen molar-refractivity contribution in [3.63, 3.8) is 0 Å². The molecule has 3 rings (SSSR count). The van der Waals surface area contributed by atoms with E-state index in [1.165, 1.54) is 0 Å². The third-order valence-corrected chi connectivity index (χ3v) is 11.0. The Bertz CT molecular complexity index is 1050. The smallest absolute Gasteiger partial charge is 0.308 e. The maximum Gasteiger partial charge on any atom is 0.308 e. The average Bonchev–Trinajstić information content (AvgIpc) is 2.88. The largest absolute Gasteiger partial charge is 0.462 e. The number of nitrogens with zero attached hydrogens (tertiary/aromatic N) is 2. The predicted molar refractivity (Wildman–Crippen MR) is 212 cm³/mol. The summed E-state index contributed by atoms with van der Waals surface area (Å²) in [7, 11) is 0. The van der Waals surface area contributed by atoms with Crippen LogP contribution < -0.4 is 16.0 Å². The van der Waals surface area contributed by atoms with E-state index in [1.807, 2.05) is 13.8 Å². The molecular formula is C42H81N5O4. The van der Waals surface area contributed by atoms with Crippen LogP contribution >= 0.6 is 0 Å². The van der Waals surface area contributed by atoms with Crippen molar-refractivity contribution < 1.29 is 19.1 Å². The van der Waals surface area contributed by atoms with Gasteiger partial charge in [0.25, 0.3) is 0 Å². The number of ether oxygens (including phenoxy) is 1. The van der Waals surface area contributed by atoms with Gasteiger partial charge >= 0.3 is 5.97 Å². The fourth-order valence-electron chi connectivity index (χ4n) is 9.85. The quantitative estimate of drug-likeness (QED) is 0.140. The summed E-state index contributed by atoms with van der Waals surface area (Å²) in [6, 6.07) is 0.590. The van der Waals surface area contributed by atoms with Crippen molar-refractivity contribution in [3.05, 3.63) is 0 Å². The van der Waals surface area contributed by atoms with E-state index in [2.05, 4.69) is 109 Å². The minimum atomic E-state index is -0.0500. The van der Waals surface area contributed by atoms with Crippen molar-refractivity contribution in [2.24, 2.45) is 5.92 Å². The van der Waals surface area contributed by atoms with Crippen LogP contribution in [-0.2, 0) is 19.1 Å². The summed E-state index contributed by atoms with van der Waals surface area (Å²) >= 11 is 0. The minimum Gasteiger partial charge on any atom is -0.462 e. The molecule has 3 fully saturated rings. The standard InChI is InChI=1S/C28H54N4O2.C14H27NO2/c1-21(33)31(23-17-25(3,4)29-26(5,6)18-23)15-13-11-12-14-16-32(22(2)34)24-19-27(7,8)30-28(9,10)20-24;1-7-10(2)12(16)17-11-8-13(3,4)15-14(5,6)9-11/h23-24,29-30H,11-20H2,1-10H3;10-11,15H,7-9H2,1-6H3. The maximum absolute atomic E-state index is 12.5. The first kappa shape index (κ1) is 45.4. The molecule has 3 N–H and O–H groups in total. The van der Waals surface area contributed by atoms with Crippen LogP contribution in [0.3, 0.4) is 0 Å². The van der Waals surface area contributed by atoms with Crippen LogP contribution in [0.5, 0.6) is 0 Å². The van der Waals surface area contributed by atoms with Crippen LogP contribution in [0.2, 0.25) is 0 Å². The molecule has 2 amide bonds. The molecule has 3 aliphatic rings. The topological polar surface area (TPSA) is 103 Å². The number of hydrogen-bond donors (Lipinski definition) is 3. The Labute approximate surface area is 313 Å². The van der Waals surface area contributed by atoms with E-state index in [-0.39, 0.29) is 63.0 Å². The van der Waals surface area contributed by atoms with Gasteiger partial charge in [-0.25, -0.2) is 0 Å². The third kappa shape index (κ3) is 15.7. The van der Waals surface area contributed by atoms with Crippen molar-refractivity contribution in [1.29, 1.82) is 0 Å². The van der Waals surface area contributed by atoms with Crippen molar-refractivity contribution in [1.82, 2.24) is 25.8 Å². The fourth-order valence-corrected chi connectivity index (χ4v) is 9.85. The molecule has 3 aliphatic heterocycles. The van der Waals surface area contributed by atoms with Crippen LogP contribution in [0.15, 0.2) is 0 Å². The minimum absolute atomic E-state index is 0.0103.